The summed E-state index contributed by atoms with van der Waals surface area (Å²) >= 11 is 0. The Morgan fingerprint density at radius 1 is 0.600 bits per heavy atom. The average molecular weight is 542 g/mol. The van der Waals surface area contributed by atoms with Crippen LogP contribution in [0.25, 0.3) is 0 Å². The molecule has 0 spiro atoms. The lowest BCUT2D eigenvalue weighted by molar-refractivity contribution is 0.0834. The topological polar surface area (TPSA) is 163 Å². The van der Waals surface area contributed by atoms with Crippen LogP contribution in [0.1, 0.15) is 56.9 Å². The second kappa shape index (κ2) is 9.42. The van der Waals surface area contributed by atoms with E-state index in [0.717, 1.165) is 12.1 Å². The summed E-state index contributed by atoms with van der Waals surface area (Å²) in [5.74, 6) is -1.36. The summed E-state index contributed by atoms with van der Waals surface area (Å²) in [6.07, 6.45) is -1.46. The van der Waals surface area contributed by atoms with Crippen molar-refractivity contribution in [1.29, 1.82) is 0 Å². The van der Waals surface area contributed by atoms with Crippen LogP contribution in [0.4, 0.5) is 0 Å². The number of carbonyl (C=O) groups excluding carboxylic acids is 2. The van der Waals surface area contributed by atoms with E-state index in [1.165, 1.54) is 24.3 Å². The van der Waals surface area contributed by atoms with Gasteiger partial charge in [0.25, 0.3) is 0 Å². The van der Waals surface area contributed by atoms with Gasteiger partial charge in [-0.1, -0.05) is 18.2 Å². The molecule has 4 aromatic carbocycles. The molecule has 0 aromatic heterocycles. The van der Waals surface area contributed by atoms with Crippen molar-refractivity contribution in [3.8, 4) is 51.7 Å². The van der Waals surface area contributed by atoms with Crippen molar-refractivity contribution in [3.63, 3.8) is 0 Å². The predicted octanol–water partition coefficient (Wildman–Crippen LogP) is 5.42. The van der Waals surface area contributed by atoms with Crippen LogP contribution < -0.4 is 14.2 Å². The van der Waals surface area contributed by atoms with Crippen molar-refractivity contribution in [3.05, 3.63) is 89.0 Å². The van der Waals surface area contributed by atoms with E-state index in [9.17, 15) is 35.1 Å². The number of fused-ring (bicyclic) bond motifs is 2. The van der Waals surface area contributed by atoms with Crippen LogP contribution in [0, 0.1) is 0 Å². The molecule has 40 heavy (non-hydrogen) atoms. The quantitative estimate of drug-likeness (QED) is 0.225. The molecule has 10 nitrogen and oxygen atoms in total. The van der Waals surface area contributed by atoms with E-state index in [-0.39, 0.29) is 81.5 Å². The van der Waals surface area contributed by atoms with Gasteiger partial charge in [0.2, 0.25) is 0 Å². The molecule has 2 heterocycles. The SMILES string of the molecule is O=C1C[C@@H](c2ccc(Oc3cc([C@@H]4CC(=O)c5c(O)cc(O)cc5O4)ccc3O)cc2)Oc2cc(O)cc(O)c21. The van der Waals surface area contributed by atoms with Crippen LogP contribution >= 0.6 is 0 Å². The third-order valence-corrected chi connectivity index (χ3v) is 6.81. The molecule has 0 fully saturated rings. The number of phenolic OH excluding ortho intramolecular Hbond substituents is 5. The Bertz CT molecular complexity index is 1680. The van der Waals surface area contributed by atoms with Gasteiger partial charge >= 0.3 is 0 Å². The van der Waals surface area contributed by atoms with Crippen molar-refractivity contribution < 1.29 is 49.3 Å². The highest BCUT2D eigenvalue weighted by atomic mass is 16.5. The Balaban J connectivity index is 1.20. The number of ketones is 2. The molecule has 10 heteroatoms. The highest BCUT2D eigenvalue weighted by Crippen LogP contribution is 2.44. The number of hydrogen-bond acceptors (Lipinski definition) is 10. The molecule has 0 unspecified atom stereocenters. The molecule has 4 aromatic rings. The van der Waals surface area contributed by atoms with E-state index in [0.29, 0.717) is 16.9 Å². The summed E-state index contributed by atoms with van der Waals surface area (Å²) in [5.41, 5.74) is 1.23. The van der Waals surface area contributed by atoms with Crippen LogP contribution in [0.5, 0.6) is 51.7 Å². The van der Waals surface area contributed by atoms with E-state index >= 15 is 0 Å². The fourth-order valence-electron chi connectivity index (χ4n) is 4.91. The smallest absolute Gasteiger partial charge is 0.174 e. The Labute approximate surface area is 226 Å². The average Bonchev–Trinajstić information content (AvgIpc) is 2.89. The first-order valence-corrected chi connectivity index (χ1v) is 12.3. The van der Waals surface area contributed by atoms with Gasteiger partial charge in [-0.3, -0.25) is 9.59 Å². The van der Waals surface area contributed by atoms with E-state index < -0.39 is 12.2 Å². The fraction of sp³-hybridized carbons (Fsp3) is 0.133. The second-order valence-corrected chi connectivity index (χ2v) is 9.54. The maximum absolute atomic E-state index is 12.7. The van der Waals surface area contributed by atoms with Gasteiger partial charge in [0.15, 0.2) is 23.1 Å². The van der Waals surface area contributed by atoms with Gasteiger partial charge in [0.1, 0.15) is 63.6 Å². The van der Waals surface area contributed by atoms with E-state index in [4.69, 9.17) is 14.2 Å². The molecule has 0 aliphatic carbocycles. The third-order valence-electron chi connectivity index (χ3n) is 6.81. The fourth-order valence-corrected chi connectivity index (χ4v) is 4.91. The Hall–Kier alpha value is -5.38. The minimum atomic E-state index is -0.741. The Morgan fingerprint density at radius 3 is 1.65 bits per heavy atom. The summed E-state index contributed by atoms with van der Waals surface area (Å²) in [4.78, 5) is 25.3. The van der Waals surface area contributed by atoms with Crippen molar-refractivity contribution in [2.24, 2.45) is 0 Å². The molecule has 2 aliphatic rings. The minimum Gasteiger partial charge on any atom is -0.508 e. The summed E-state index contributed by atoms with van der Waals surface area (Å²) < 4.78 is 17.6. The Morgan fingerprint density at radius 2 is 1.10 bits per heavy atom. The summed E-state index contributed by atoms with van der Waals surface area (Å²) in [5, 5.41) is 50.0. The molecular weight excluding hydrogens is 520 g/mol. The van der Waals surface area contributed by atoms with Crippen LogP contribution in [0.2, 0.25) is 0 Å². The van der Waals surface area contributed by atoms with E-state index in [1.54, 1.807) is 30.3 Å². The summed E-state index contributed by atoms with van der Waals surface area (Å²) in [6.45, 7) is 0. The number of Topliss-reactive ketones (excluding diaryl/α,β-unsaturated/α-hetero) is 2. The van der Waals surface area contributed by atoms with Gasteiger partial charge < -0.3 is 39.7 Å². The second-order valence-electron chi connectivity index (χ2n) is 9.54. The van der Waals surface area contributed by atoms with Crippen molar-refractivity contribution in [2.45, 2.75) is 25.0 Å². The molecule has 0 saturated heterocycles. The van der Waals surface area contributed by atoms with Gasteiger partial charge in [-0.15, -0.1) is 0 Å². The van der Waals surface area contributed by atoms with Crippen LogP contribution in [-0.4, -0.2) is 37.1 Å². The standard InChI is InChI=1S/C30H22O10/c31-16-8-20(34)29-22(36)12-24(39-27(29)10-16)14-1-4-18(5-2-14)38-26-7-15(3-6-19(26)33)25-13-23(37)30-21(35)9-17(32)11-28(30)40-25/h1-11,24-25,31-35H,12-13H2/t24-,25-/m0/s1. The van der Waals surface area contributed by atoms with E-state index in [2.05, 4.69) is 0 Å². The Kier molecular flexibility index (Phi) is 5.87. The summed E-state index contributed by atoms with van der Waals surface area (Å²) in [6, 6.07) is 15.9. The number of benzene rings is 4. The van der Waals surface area contributed by atoms with Gasteiger partial charge in [-0.25, -0.2) is 0 Å². The first kappa shape index (κ1) is 24.9. The van der Waals surface area contributed by atoms with Gasteiger partial charge in [-0.05, 0) is 35.4 Å². The predicted molar refractivity (Wildman–Crippen MR) is 139 cm³/mol. The maximum atomic E-state index is 12.7. The molecule has 2 atom stereocenters. The molecule has 202 valence electrons. The zero-order valence-electron chi connectivity index (χ0n) is 20.7. The van der Waals surface area contributed by atoms with Crippen molar-refractivity contribution >= 4 is 11.6 Å². The highest BCUT2D eigenvalue weighted by molar-refractivity contribution is 6.03. The van der Waals surface area contributed by atoms with E-state index in [1.807, 2.05) is 0 Å². The number of aromatic hydroxyl groups is 5. The lowest BCUT2D eigenvalue weighted by Gasteiger charge is -2.26. The number of ether oxygens (including phenoxy) is 3. The lowest BCUT2D eigenvalue weighted by atomic mass is 9.95. The number of hydrogen-bond donors (Lipinski definition) is 5. The van der Waals surface area contributed by atoms with Gasteiger partial charge in [0, 0.05) is 24.3 Å². The first-order valence-electron chi connectivity index (χ1n) is 12.3. The monoisotopic (exact) mass is 542 g/mol. The molecule has 2 aliphatic heterocycles. The largest absolute Gasteiger partial charge is 0.508 e. The third kappa shape index (κ3) is 4.45. The normalized spacial score (nSPS) is 17.8. The molecular formula is C30H22O10. The molecule has 5 N–H and O–H groups in total. The molecule has 0 amide bonds. The maximum Gasteiger partial charge on any atom is 0.174 e. The van der Waals surface area contributed by atoms with Gasteiger partial charge in [-0.2, -0.15) is 0 Å². The minimum absolute atomic E-state index is 0.00475. The van der Waals surface area contributed by atoms with Crippen LogP contribution in [0.3, 0.4) is 0 Å². The van der Waals surface area contributed by atoms with Crippen LogP contribution in [0.15, 0.2) is 66.7 Å². The number of carbonyl (C=O) groups is 2. The van der Waals surface area contributed by atoms with Gasteiger partial charge in [0.05, 0.1) is 12.8 Å². The highest BCUT2D eigenvalue weighted by Gasteiger charge is 2.32. The summed E-state index contributed by atoms with van der Waals surface area (Å²) in [7, 11) is 0. The molecule has 6 rings (SSSR count). The van der Waals surface area contributed by atoms with Crippen molar-refractivity contribution in [2.75, 3.05) is 0 Å². The zero-order chi connectivity index (χ0) is 28.1. The zero-order valence-corrected chi connectivity index (χ0v) is 20.7. The van der Waals surface area contributed by atoms with Crippen molar-refractivity contribution in [1.82, 2.24) is 0 Å². The molecule has 0 bridgehead atoms. The number of phenols is 5. The molecule has 0 saturated carbocycles. The first-order chi connectivity index (χ1) is 19.2. The lowest BCUT2D eigenvalue weighted by Crippen LogP contribution is -2.20. The molecule has 0 radical (unpaired) electrons. The van der Waals surface area contributed by atoms with Crippen LogP contribution in [-0.2, 0) is 0 Å². The number of rotatable bonds is 4.